The van der Waals surface area contributed by atoms with Crippen LogP contribution in [0.2, 0.25) is 0 Å². The summed E-state index contributed by atoms with van der Waals surface area (Å²) in [6.07, 6.45) is 11.4. The molecule has 2 nitrogen and oxygen atoms in total. The van der Waals surface area contributed by atoms with E-state index in [1.54, 1.807) is 0 Å². The first-order valence-corrected chi connectivity index (χ1v) is 8.71. The van der Waals surface area contributed by atoms with E-state index in [1.807, 2.05) is 0 Å². The summed E-state index contributed by atoms with van der Waals surface area (Å²) < 4.78 is 0. The van der Waals surface area contributed by atoms with E-state index in [0.717, 1.165) is 18.0 Å². The third kappa shape index (κ3) is 4.19. The zero-order valence-electron chi connectivity index (χ0n) is 13.3. The highest BCUT2D eigenvalue weighted by atomic mass is 15.2. The molecule has 0 bridgehead atoms. The average Bonchev–Trinajstić information content (AvgIpc) is 2.44. The van der Waals surface area contributed by atoms with Crippen LogP contribution in [0.25, 0.3) is 0 Å². The largest absolute Gasteiger partial charge is 0.314 e. The summed E-state index contributed by atoms with van der Waals surface area (Å²) >= 11 is 0. The maximum absolute atomic E-state index is 3.65. The highest BCUT2D eigenvalue weighted by Gasteiger charge is 2.35. The van der Waals surface area contributed by atoms with E-state index in [-0.39, 0.29) is 0 Å². The van der Waals surface area contributed by atoms with E-state index in [2.05, 4.69) is 31.0 Å². The molecule has 2 fully saturated rings. The predicted octanol–water partition coefficient (Wildman–Crippen LogP) is 3.81. The lowest BCUT2D eigenvalue weighted by Gasteiger charge is -2.47. The monoisotopic (exact) mass is 266 g/mol. The first-order chi connectivity index (χ1) is 9.22. The normalized spacial score (nSPS) is 31.7. The standard InChI is InChI=1S/C17H34N2/c1-4-11-18-14(2)13-15(3)19-12-7-9-16-8-5-6-10-17(16)19/h14-18H,4-13H2,1-3H3. The minimum Gasteiger partial charge on any atom is -0.314 e. The molecule has 112 valence electrons. The van der Waals surface area contributed by atoms with Gasteiger partial charge in [0.2, 0.25) is 0 Å². The molecule has 0 aromatic carbocycles. The van der Waals surface area contributed by atoms with Gasteiger partial charge in [-0.3, -0.25) is 4.90 Å². The van der Waals surface area contributed by atoms with Gasteiger partial charge in [-0.05, 0) is 71.4 Å². The summed E-state index contributed by atoms with van der Waals surface area (Å²) in [5, 5.41) is 3.65. The highest BCUT2D eigenvalue weighted by molar-refractivity contribution is 4.90. The number of nitrogens with zero attached hydrogens (tertiary/aromatic N) is 1. The molecular weight excluding hydrogens is 232 g/mol. The molecule has 1 aliphatic heterocycles. The zero-order chi connectivity index (χ0) is 13.7. The van der Waals surface area contributed by atoms with E-state index < -0.39 is 0 Å². The van der Waals surface area contributed by atoms with Crippen LogP contribution in [-0.2, 0) is 0 Å². The van der Waals surface area contributed by atoms with Crippen molar-refractivity contribution in [1.29, 1.82) is 0 Å². The Morgan fingerprint density at radius 2 is 1.84 bits per heavy atom. The molecule has 2 rings (SSSR count). The van der Waals surface area contributed by atoms with E-state index in [0.29, 0.717) is 6.04 Å². The fourth-order valence-electron chi connectivity index (χ4n) is 4.33. The summed E-state index contributed by atoms with van der Waals surface area (Å²) in [6, 6.07) is 2.33. The van der Waals surface area contributed by atoms with Crippen molar-refractivity contribution in [2.24, 2.45) is 5.92 Å². The summed E-state index contributed by atoms with van der Waals surface area (Å²) in [4.78, 5) is 2.86. The van der Waals surface area contributed by atoms with Gasteiger partial charge in [0, 0.05) is 18.1 Å². The average molecular weight is 266 g/mol. The van der Waals surface area contributed by atoms with Gasteiger partial charge in [0.25, 0.3) is 0 Å². The van der Waals surface area contributed by atoms with Crippen molar-refractivity contribution in [2.45, 2.75) is 90.3 Å². The van der Waals surface area contributed by atoms with Crippen molar-refractivity contribution in [1.82, 2.24) is 10.2 Å². The molecule has 2 aliphatic rings. The van der Waals surface area contributed by atoms with Crippen LogP contribution in [0, 0.1) is 5.92 Å². The minimum absolute atomic E-state index is 0.666. The molecule has 2 heteroatoms. The Kier molecular flexibility index (Phi) is 6.15. The van der Waals surface area contributed by atoms with Crippen molar-refractivity contribution in [2.75, 3.05) is 13.1 Å². The molecule has 1 heterocycles. The number of nitrogens with one attached hydrogen (secondary N) is 1. The second-order valence-electron chi connectivity index (χ2n) is 6.93. The Hall–Kier alpha value is -0.0800. The van der Waals surface area contributed by atoms with E-state index in [9.17, 15) is 0 Å². The number of likely N-dealkylation sites (tertiary alicyclic amines) is 1. The van der Waals surface area contributed by atoms with Crippen LogP contribution in [0.4, 0.5) is 0 Å². The van der Waals surface area contributed by atoms with Gasteiger partial charge in [0.05, 0.1) is 0 Å². The molecule has 1 saturated heterocycles. The lowest BCUT2D eigenvalue weighted by atomic mass is 9.77. The summed E-state index contributed by atoms with van der Waals surface area (Å²) in [6.45, 7) is 9.58. The second-order valence-corrected chi connectivity index (χ2v) is 6.93. The van der Waals surface area contributed by atoms with Gasteiger partial charge in [-0.25, -0.2) is 0 Å². The van der Waals surface area contributed by atoms with E-state index in [1.165, 1.54) is 64.5 Å². The quantitative estimate of drug-likeness (QED) is 0.786. The minimum atomic E-state index is 0.666. The van der Waals surface area contributed by atoms with E-state index in [4.69, 9.17) is 0 Å². The molecule has 0 aromatic heterocycles. The fourth-order valence-corrected chi connectivity index (χ4v) is 4.33. The van der Waals surface area contributed by atoms with Crippen LogP contribution in [-0.4, -0.2) is 36.1 Å². The molecule has 4 unspecified atom stereocenters. The Bertz CT molecular complexity index is 252. The molecule has 0 aromatic rings. The molecule has 0 amide bonds. The van der Waals surface area contributed by atoms with Gasteiger partial charge in [-0.15, -0.1) is 0 Å². The maximum atomic E-state index is 3.65. The second kappa shape index (κ2) is 7.64. The Labute approximate surface area is 120 Å². The lowest BCUT2D eigenvalue weighted by Crippen LogP contribution is -2.51. The van der Waals surface area contributed by atoms with Crippen molar-refractivity contribution >= 4 is 0 Å². The van der Waals surface area contributed by atoms with Crippen molar-refractivity contribution in [3.63, 3.8) is 0 Å². The van der Waals surface area contributed by atoms with Crippen LogP contribution < -0.4 is 5.32 Å². The number of piperidine rings is 1. The SMILES string of the molecule is CCCNC(C)CC(C)N1CCCC2CCCCC21. The van der Waals surface area contributed by atoms with Crippen molar-refractivity contribution in [3.8, 4) is 0 Å². The molecular formula is C17H34N2. The molecule has 4 atom stereocenters. The molecule has 0 radical (unpaired) electrons. The van der Waals surface area contributed by atoms with Crippen molar-refractivity contribution < 1.29 is 0 Å². The van der Waals surface area contributed by atoms with Crippen molar-refractivity contribution in [3.05, 3.63) is 0 Å². The predicted molar refractivity (Wildman–Crippen MR) is 83.5 cm³/mol. The topological polar surface area (TPSA) is 15.3 Å². The number of rotatable bonds is 6. The molecule has 1 N–H and O–H groups in total. The molecule has 1 aliphatic carbocycles. The smallest absolute Gasteiger partial charge is 0.0126 e. The Morgan fingerprint density at radius 1 is 1.11 bits per heavy atom. The zero-order valence-corrected chi connectivity index (χ0v) is 13.3. The third-order valence-electron chi connectivity index (χ3n) is 5.29. The molecule has 0 spiro atoms. The summed E-state index contributed by atoms with van der Waals surface area (Å²) in [5.74, 6) is 1.02. The molecule has 1 saturated carbocycles. The first-order valence-electron chi connectivity index (χ1n) is 8.71. The fraction of sp³-hybridized carbons (Fsp3) is 1.00. The maximum Gasteiger partial charge on any atom is 0.0126 e. The van der Waals surface area contributed by atoms with Gasteiger partial charge >= 0.3 is 0 Å². The van der Waals surface area contributed by atoms with Crippen LogP contribution in [0.5, 0.6) is 0 Å². The van der Waals surface area contributed by atoms with Crippen LogP contribution in [0.1, 0.15) is 72.1 Å². The molecule has 19 heavy (non-hydrogen) atoms. The van der Waals surface area contributed by atoms with Crippen LogP contribution >= 0.6 is 0 Å². The van der Waals surface area contributed by atoms with Crippen LogP contribution in [0.15, 0.2) is 0 Å². The number of hydrogen-bond acceptors (Lipinski definition) is 2. The number of fused-ring (bicyclic) bond motifs is 1. The summed E-state index contributed by atoms with van der Waals surface area (Å²) in [7, 11) is 0. The van der Waals surface area contributed by atoms with Gasteiger partial charge < -0.3 is 5.32 Å². The van der Waals surface area contributed by atoms with Gasteiger partial charge in [-0.1, -0.05) is 19.8 Å². The third-order valence-corrected chi connectivity index (χ3v) is 5.29. The summed E-state index contributed by atoms with van der Waals surface area (Å²) in [5.41, 5.74) is 0. The first kappa shape index (κ1) is 15.3. The van der Waals surface area contributed by atoms with Gasteiger partial charge in [0.15, 0.2) is 0 Å². The lowest BCUT2D eigenvalue weighted by molar-refractivity contribution is 0.0261. The Balaban J connectivity index is 1.84. The Morgan fingerprint density at radius 3 is 2.63 bits per heavy atom. The van der Waals surface area contributed by atoms with Gasteiger partial charge in [-0.2, -0.15) is 0 Å². The van der Waals surface area contributed by atoms with E-state index >= 15 is 0 Å². The number of hydrogen-bond donors (Lipinski definition) is 1. The van der Waals surface area contributed by atoms with Gasteiger partial charge in [0.1, 0.15) is 0 Å². The van der Waals surface area contributed by atoms with Crippen LogP contribution in [0.3, 0.4) is 0 Å². The highest BCUT2D eigenvalue weighted by Crippen LogP contribution is 2.36.